The van der Waals surface area contributed by atoms with Crippen LogP contribution in [-0.4, -0.2) is 48.9 Å². The van der Waals surface area contributed by atoms with E-state index in [0.717, 1.165) is 43.9 Å². The number of carbonyl (C=O) groups excluding carboxylic acids is 2. The van der Waals surface area contributed by atoms with Crippen LogP contribution in [0.25, 0.3) is 0 Å². The third-order valence-electron chi connectivity index (χ3n) is 4.88. The first-order valence-electron chi connectivity index (χ1n) is 9.37. The first kappa shape index (κ1) is 20.7. The Balaban J connectivity index is 0.00000243. The van der Waals surface area contributed by atoms with Crippen LogP contribution >= 0.6 is 12.4 Å². The van der Waals surface area contributed by atoms with Crippen LogP contribution in [0.4, 0.5) is 11.4 Å². The second-order valence-corrected chi connectivity index (χ2v) is 6.95. The minimum absolute atomic E-state index is 0. The van der Waals surface area contributed by atoms with E-state index in [0.29, 0.717) is 6.54 Å². The summed E-state index contributed by atoms with van der Waals surface area (Å²) in [7, 11) is 0. The Morgan fingerprint density at radius 3 is 2.15 bits per heavy atom. The maximum Gasteiger partial charge on any atom is 0.241 e. The summed E-state index contributed by atoms with van der Waals surface area (Å²) in [5, 5.41) is 9.04. The number of nitrogens with zero attached hydrogens (tertiary/aromatic N) is 1. The molecule has 0 aromatic heterocycles. The molecule has 2 fully saturated rings. The lowest BCUT2D eigenvalue weighted by molar-refractivity contribution is -0.118. The molecule has 0 radical (unpaired) electrons. The van der Waals surface area contributed by atoms with Crippen LogP contribution < -0.4 is 16.0 Å². The number of likely N-dealkylation sites (tertiary alicyclic amines) is 1. The Labute approximate surface area is 161 Å². The minimum atomic E-state index is -0.0898. The van der Waals surface area contributed by atoms with Crippen LogP contribution in [0, 0.1) is 0 Å². The van der Waals surface area contributed by atoms with Gasteiger partial charge in [-0.1, -0.05) is 12.8 Å². The van der Waals surface area contributed by atoms with Crippen molar-refractivity contribution in [1.29, 1.82) is 0 Å². The van der Waals surface area contributed by atoms with Crippen molar-refractivity contribution in [2.75, 3.05) is 36.8 Å². The molecule has 1 atom stereocenters. The van der Waals surface area contributed by atoms with E-state index in [1.807, 2.05) is 24.3 Å². The van der Waals surface area contributed by atoms with Crippen LogP contribution in [-0.2, 0) is 9.59 Å². The lowest BCUT2D eigenvalue weighted by Gasteiger charge is -2.19. The fraction of sp³-hybridized carbons (Fsp3) is 0.579. The van der Waals surface area contributed by atoms with Crippen molar-refractivity contribution in [2.24, 2.45) is 0 Å². The van der Waals surface area contributed by atoms with Gasteiger partial charge in [-0.05, 0) is 69.6 Å². The molecule has 3 rings (SSSR count). The number of benzene rings is 1. The highest BCUT2D eigenvalue weighted by atomic mass is 35.5. The summed E-state index contributed by atoms with van der Waals surface area (Å²) in [5.74, 6) is 0.0318. The van der Waals surface area contributed by atoms with Gasteiger partial charge in [-0.3, -0.25) is 14.5 Å². The molecule has 2 saturated heterocycles. The predicted octanol–water partition coefficient (Wildman–Crippen LogP) is 2.61. The molecule has 0 bridgehead atoms. The van der Waals surface area contributed by atoms with Gasteiger partial charge in [-0.15, -0.1) is 12.4 Å². The maximum atomic E-state index is 12.2. The molecular formula is C19H29ClN4O2. The molecule has 1 aromatic carbocycles. The van der Waals surface area contributed by atoms with Gasteiger partial charge in [0.15, 0.2) is 0 Å². The number of anilines is 2. The molecule has 0 aliphatic carbocycles. The Bertz CT molecular complexity index is 580. The first-order valence-corrected chi connectivity index (χ1v) is 9.37. The quantitative estimate of drug-likeness (QED) is 0.734. The summed E-state index contributed by atoms with van der Waals surface area (Å²) in [6, 6.07) is 7.23. The molecule has 2 amide bonds. The van der Waals surface area contributed by atoms with Gasteiger partial charge in [-0.25, -0.2) is 0 Å². The van der Waals surface area contributed by atoms with Gasteiger partial charge < -0.3 is 16.0 Å². The van der Waals surface area contributed by atoms with Crippen LogP contribution in [0.3, 0.4) is 0 Å². The molecule has 3 N–H and O–H groups in total. The van der Waals surface area contributed by atoms with E-state index < -0.39 is 0 Å². The number of amides is 2. The largest absolute Gasteiger partial charge is 0.325 e. The molecule has 2 aliphatic rings. The molecule has 2 heterocycles. The Morgan fingerprint density at radius 1 is 0.962 bits per heavy atom. The zero-order chi connectivity index (χ0) is 17.5. The van der Waals surface area contributed by atoms with Crippen molar-refractivity contribution in [3.8, 4) is 0 Å². The number of carbonyl (C=O) groups is 2. The highest BCUT2D eigenvalue weighted by Gasteiger charge is 2.21. The minimum Gasteiger partial charge on any atom is -0.325 e. The van der Waals surface area contributed by atoms with E-state index in [9.17, 15) is 9.59 Å². The maximum absolute atomic E-state index is 12.2. The highest BCUT2D eigenvalue weighted by Crippen LogP contribution is 2.16. The van der Waals surface area contributed by atoms with Crippen molar-refractivity contribution < 1.29 is 9.59 Å². The van der Waals surface area contributed by atoms with Gasteiger partial charge in [0.1, 0.15) is 0 Å². The van der Waals surface area contributed by atoms with Gasteiger partial charge in [0, 0.05) is 11.4 Å². The second-order valence-electron chi connectivity index (χ2n) is 6.95. The number of nitrogens with one attached hydrogen (secondary N) is 3. The summed E-state index contributed by atoms with van der Waals surface area (Å²) >= 11 is 0. The molecule has 144 valence electrons. The van der Waals surface area contributed by atoms with Crippen LogP contribution in [0.1, 0.15) is 38.5 Å². The van der Waals surface area contributed by atoms with E-state index in [2.05, 4.69) is 20.9 Å². The standard InChI is InChI=1S/C19H28N4O2.ClH/c24-18(14-23-12-3-1-2-4-13-23)21-15-7-9-16(10-8-15)22-19(25)17-6-5-11-20-17;/h7-10,17,20H,1-6,11-14H2,(H,21,24)(H,22,25);1H. The number of halogens is 1. The van der Waals surface area contributed by atoms with Gasteiger partial charge in [0.05, 0.1) is 12.6 Å². The molecule has 7 heteroatoms. The zero-order valence-corrected chi connectivity index (χ0v) is 15.9. The SMILES string of the molecule is Cl.O=C(CN1CCCCCC1)Nc1ccc(NC(=O)C2CCCN2)cc1. The van der Waals surface area contributed by atoms with Gasteiger partial charge in [0.25, 0.3) is 0 Å². The van der Waals surface area contributed by atoms with Crippen molar-refractivity contribution in [1.82, 2.24) is 10.2 Å². The summed E-state index contributed by atoms with van der Waals surface area (Å²) in [6.45, 7) is 3.37. The van der Waals surface area contributed by atoms with E-state index in [4.69, 9.17) is 0 Å². The highest BCUT2D eigenvalue weighted by molar-refractivity contribution is 5.96. The number of hydrogen-bond donors (Lipinski definition) is 3. The molecule has 1 aromatic rings. The first-order chi connectivity index (χ1) is 12.2. The predicted molar refractivity (Wildman–Crippen MR) is 107 cm³/mol. The average Bonchev–Trinajstić information content (AvgIpc) is 3.03. The van der Waals surface area contributed by atoms with Crippen molar-refractivity contribution in [2.45, 2.75) is 44.6 Å². The second kappa shape index (κ2) is 10.5. The van der Waals surface area contributed by atoms with Crippen molar-refractivity contribution >= 4 is 35.6 Å². The summed E-state index contributed by atoms with van der Waals surface area (Å²) in [4.78, 5) is 26.5. The molecule has 26 heavy (non-hydrogen) atoms. The van der Waals surface area contributed by atoms with E-state index in [-0.39, 0.29) is 30.3 Å². The molecular weight excluding hydrogens is 352 g/mol. The lowest BCUT2D eigenvalue weighted by atomic mass is 10.2. The molecule has 6 nitrogen and oxygen atoms in total. The topological polar surface area (TPSA) is 73.5 Å². The zero-order valence-electron chi connectivity index (χ0n) is 15.1. The third kappa shape index (κ3) is 6.27. The van der Waals surface area contributed by atoms with Crippen LogP contribution in [0.2, 0.25) is 0 Å². The fourth-order valence-corrected chi connectivity index (χ4v) is 3.47. The van der Waals surface area contributed by atoms with Crippen molar-refractivity contribution in [3.05, 3.63) is 24.3 Å². The lowest BCUT2D eigenvalue weighted by Crippen LogP contribution is -2.35. The molecule has 1 unspecified atom stereocenters. The number of hydrogen-bond acceptors (Lipinski definition) is 4. The number of rotatable bonds is 5. The summed E-state index contributed by atoms with van der Waals surface area (Å²) in [5.41, 5.74) is 1.51. The monoisotopic (exact) mass is 380 g/mol. The van der Waals surface area contributed by atoms with Crippen molar-refractivity contribution in [3.63, 3.8) is 0 Å². The Hall–Kier alpha value is -1.63. The van der Waals surface area contributed by atoms with E-state index in [1.165, 1.54) is 25.7 Å². The smallest absolute Gasteiger partial charge is 0.241 e. The van der Waals surface area contributed by atoms with Crippen LogP contribution in [0.5, 0.6) is 0 Å². The van der Waals surface area contributed by atoms with Gasteiger partial charge >= 0.3 is 0 Å². The summed E-state index contributed by atoms with van der Waals surface area (Å²) in [6.07, 6.45) is 6.81. The van der Waals surface area contributed by atoms with Gasteiger partial charge in [-0.2, -0.15) is 0 Å². The third-order valence-corrected chi connectivity index (χ3v) is 4.88. The summed E-state index contributed by atoms with van der Waals surface area (Å²) < 4.78 is 0. The normalized spacial score (nSPS) is 20.7. The van der Waals surface area contributed by atoms with E-state index >= 15 is 0 Å². The fourth-order valence-electron chi connectivity index (χ4n) is 3.47. The molecule has 0 spiro atoms. The van der Waals surface area contributed by atoms with E-state index in [1.54, 1.807) is 0 Å². The Morgan fingerprint density at radius 2 is 1.58 bits per heavy atom. The molecule has 2 aliphatic heterocycles. The molecule has 0 saturated carbocycles. The van der Waals surface area contributed by atoms with Crippen LogP contribution in [0.15, 0.2) is 24.3 Å². The average molecular weight is 381 g/mol. The van der Waals surface area contributed by atoms with Gasteiger partial charge in [0.2, 0.25) is 11.8 Å². The Kier molecular flexibility index (Phi) is 8.35.